The van der Waals surface area contributed by atoms with Gasteiger partial charge >= 0.3 is 0 Å². The van der Waals surface area contributed by atoms with Crippen molar-refractivity contribution in [2.45, 2.75) is 25.4 Å². The molecular weight excluding hydrogens is 242 g/mol. The number of nitrogens with one attached hydrogen (secondary N) is 1. The molecule has 1 unspecified atom stereocenters. The molecule has 3 rings (SSSR count). The predicted molar refractivity (Wildman–Crippen MR) is 69.6 cm³/mol. The maximum atomic E-state index is 5.19. The molecule has 1 aliphatic rings. The third-order valence-corrected chi connectivity index (χ3v) is 3.46. The van der Waals surface area contributed by atoms with E-state index in [-0.39, 0.29) is 0 Å². The average Bonchev–Trinajstić information content (AvgIpc) is 3.15. The topological polar surface area (TPSA) is 60.2 Å². The molecule has 1 saturated carbocycles. The van der Waals surface area contributed by atoms with Crippen molar-refractivity contribution in [3.05, 3.63) is 42.0 Å². The van der Waals surface area contributed by atoms with Gasteiger partial charge in [-0.3, -0.25) is 0 Å². The Morgan fingerprint density at radius 3 is 2.74 bits per heavy atom. The third-order valence-electron chi connectivity index (χ3n) is 3.46. The molecule has 5 nitrogen and oxygen atoms in total. The van der Waals surface area contributed by atoms with E-state index in [1.165, 1.54) is 24.8 Å². The van der Waals surface area contributed by atoms with E-state index in [4.69, 9.17) is 9.26 Å². The zero-order valence-electron chi connectivity index (χ0n) is 10.9. The van der Waals surface area contributed by atoms with Crippen LogP contribution in [0.25, 0.3) is 0 Å². The smallest absolute Gasteiger partial charge is 0.213 e. The number of methoxy groups -OCH3 is 1. The number of rotatable bonds is 6. The van der Waals surface area contributed by atoms with Crippen LogP contribution in [-0.2, 0) is 6.54 Å². The minimum Gasteiger partial charge on any atom is -0.497 e. The quantitative estimate of drug-likeness (QED) is 0.862. The number of aromatic nitrogens is 2. The van der Waals surface area contributed by atoms with Crippen molar-refractivity contribution in [3.63, 3.8) is 0 Å². The largest absolute Gasteiger partial charge is 0.497 e. The minimum atomic E-state index is 0.351. The highest BCUT2D eigenvalue weighted by atomic mass is 16.5. The monoisotopic (exact) mass is 259 g/mol. The lowest BCUT2D eigenvalue weighted by Crippen LogP contribution is -2.23. The lowest BCUT2D eigenvalue weighted by molar-refractivity contribution is 0.399. The van der Waals surface area contributed by atoms with E-state index in [1.54, 1.807) is 7.11 Å². The molecule has 1 fully saturated rings. The summed E-state index contributed by atoms with van der Waals surface area (Å²) in [5, 5.41) is 7.33. The molecule has 2 aromatic rings. The fraction of sp³-hybridized carbons (Fsp3) is 0.429. The molecule has 1 aromatic heterocycles. The van der Waals surface area contributed by atoms with Crippen molar-refractivity contribution in [2.24, 2.45) is 5.92 Å². The molecule has 0 spiro atoms. The molecule has 0 bridgehead atoms. The fourth-order valence-electron chi connectivity index (χ4n) is 2.27. The summed E-state index contributed by atoms with van der Waals surface area (Å²) in [4.78, 5) is 4.03. The standard InChI is InChI=1S/C14H17N3O2/c1-18-12-6-4-11(5-7-12)14(10-2-3-10)15-8-13-16-9-19-17-13/h4-7,9-10,14-15H,2-3,8H2,1H3. The summed E-state index contributed by atoms with van der Waals surface area (Å²) < 4.78 is 9.93. The van der Waals surface area contributed by atoms with Crippen LogP contribution in [0.1, 0.15) is 30.3 Å². The average molecular weight is 259 g/mol. The Morgan fingerprint density at radius 2 is 2.16 bits per heavy atom. The van der Waals surface area contributed by atoms with Crippen LogP contribution in [0, 0.1) is 5.92 Å². The van der Waals surface area contributed by atoms with Gasteiger partial charge in [0.25, 0.3) is 0 Å². The van der Waals surface area contributed by atoms with Gasteiger partial charge in [0.2, 0.25) is 6.39 Å². The second-order valence-electron chi connectivity index (χ2n) is 4.82. The molecule has 19 heavy (non-hydrogen) atoms. The van der Waals surface area contributed by atoms with Crippen molar-refractivity contribution in [3.8, 4) is 5.75 Å². The number of hydrogen-bond acceptors (Lipinski definition) is 5. The first kappa shape index (κ1) is 12.2. The predicted octanol–water partition coefficient (Wildman–Crippen LogP) is 2.32. The van der Waals surface area contributed by atoms with E-state index in [0.29, 0.717) is 24.3 Å². The Balaban J connectivity index is 1.69. The third kappa shape index (κ3) is 2.93. The SMILES string of the molecule is COc1ccc(C(NCc2ncon2)C2CC2)cc1. The van der Waals surface area contributed by atoms with Crippen molar-refractivity contribution < 1.29 is 9.26 Å². The van der Waals surface area contributed by atoms with Crippen LogP contribution in [0.2, 0.25) is 0 Å². The van der Waals surface area contributed by atoms with Crippen LogP contribution < -0.4 is 10.1 Å². The summed E-state index contributed by atoms with van der Waals surface area (Å²) in [7, 11) is 1.68. The Kier molecular flexibility index (Phi) is 3.46. The molecule has 0 saturated heterocycles. The van der Waals surface area contributed by atoms with Crippen LogP contribution in [0.5, 0.6) is 5.75 Å². The Morgan fingerprint density at radius 1 is 1.37 bits per heavy atom. The van der Waals surface area contributed by atoms with Crippen LogP contribution in [0.15, 0.2) is 35.2 Å². The molecule has 1 heterocycles. The number of benzene rings is 1. The highest BCUT2D eigenvalue weighted by Gasteiger charge is 2.32. The molecule has 0 aliphatic heterocycles. The molecule has 0 radical (unpaired) electrons. The van der Waals surface area contributed by atoms with E-state index in [0.717, 1.165) is 5.75 Å². The van der Waals surface area contributed by atoms with Gasteiger partial charge in [0, 0.05) is 6.04 Å². The highest BCUT2D eigenvalue weighted by molar-refractivity contribution is 5.30. The van der Waals surface area contributed by atoms with Crippen LogP contribution in [-0.4, -0.2) is 17.3 Å². The van der Waals surface area contributed by atoms with E-state index in [9.17, 15) is 0 Å². The van der Waals surface area contributed by atoms with Crippen molar-refractivity contribution >= 4 is 0 Å². The second kappa shape index (κ2) is 5.40. The summed E-state index contributed by atoms with van der Waals surface area (Å²) in [5.41, 5.74) is 1.28. The molecular formula is C14H17N3O2. The summed E-state index contributed by atoms with van der Waals surface area (Å²) in [5.74, 6) is 2.29. The summed E-state index contributed by atoms with van der Waals surface area (Å²) in [6, 6.07) is 8.59. The molecule has 0 amide bonds. The molecule has 5 heteroatoms. The van der Waals surface area contributed by atoms with Gasteiger partial charge in [0.1, 0.15) is 5.75 Å². The van der Waals surface area contributed by atoms with Gasteiger partial charge in [-0.05, 0) is 36.5 Å². The van der Waals surface area contributed by atoms with Crippen molar-refractivity contribution in [2.75, 3.05) is 7.11 Å². The van der Waals surface area contributed by atoms with Gasteiger partial charge in [-0.15, -0.1) is 0 Å². The summed E-state index contributed by atoms with van der Waals surface area (Å²) in [6.07, 6.45) is 3.91. The maximum absolute atomic E-state index is 5.19. The first-order valence-corrected chi connectivity index (χ1v) is 6.49. The van der Waals surface area contributed by atoms with Gasteiger partial charge in [0.05, 0.1) is 13.7 Å². The first-order chi connectivity index (χ1) is 9.36. The molecule has 1 aliphatic carbocycles. The van der Waals surface area contributed by atoms with Crippen molar-refractivity contribution in [1.82, 2.24) is 15.5 Å². The molecule has 1 N–H and O–H groups in total. The Labute approximate surface area is 112 Å². The summed E-state index contributed by atoms with van der Waals surface area (Å²) >= 11 is 0. The van der Waals surface area contributed by atoms with Crippen LogP contribution >= 0.6 is 0 Å². The normalized spacial score (nSPS) is 16.3. The van der Waals surface area contributed by atoms with E-state index < -0.39 is 0 Å². The van der Waals surface area contributed by atoms with Gasteiger partial charge < -0.3 is 14.6 Å². The second-order valence-corrected chi connectivity index (χ2v) is 4.82. The molecule has 1 aromatic carbocycles. The van der Waals surface area contributed by atoms with Crippen LogP contribution in [0.4, 0.5) is 0 Å². The van der Waals surface area contributed by atoms with Gasteiger partial charge in [-0.25, -0.2) is 0 Å². The maximum Gasteiger partial charge on any atom is 0.213 e. The van der Waals surface area contributed by atoms with E-state index >= 15 is 0 Å². The summed E-state index contributed by atoms with van der Waals surface area (Å²) in [6.45, 7) is 0.629. The zero-order chi connectivity index (χ0) is 13.1. The fourth-order valence-corrected chi connectivity index (χ4v) is 2.27. The van der Waals surface area contributed by atoms with Crippen LogP contribution in [0.3, 0.4) is 0 Å². The zero-order valence-corrected chi connectivity index (χ0v) is 10.9. The number of hydrogen-bond donors (Lipinski definition) is 1. The number of ether oxygens (including phenoxy) is 1. The lowest BCUT2D eigenvalue weighted by Gasteiger charge is -2.18. The Hall–Kier alpha value is -1.88. The number of nitrogens with zero attached hydrogens (tertiary/aromatic N) is 2. The minimum absolute atomic E-state index is 0.351. The van der Waals surface area contributed by atoms with E-state index in [2.05, 4.69) is 27.6 Å². The van der Waals surface area contributed by atoms with Crippen molar-refractivity contribution in [1.29, 1.82) is 0 Å². The van der Waals surface area contributed by atoms with Gasteiger partial charge in [-0.1, -0.05) is 17.3 Å². The molecule has 1 atom stereocenters. The lowest BCUT2D eigenvalue weighted by atomic mass is 10.0. The molecule has 100 valence electrons. The van der Waals surface area contributed by atoms with Gasteiger partial charge in [0.15, 0.2) is 5.82 Å². The first-order valence-electron chi connectivity index (χ1n) is 6.49. The highest BCUT2D eigenvalue weighted by Crippen LogP contribution is 2.41. The Bertz CT molecular complexity index is 506. The van der Waals surface area contributed by atoms with Gasteiger partial charge in [-0.2, -0.15) is 4.98 Å². The van der Waals surface area contributed by atoms with E-state index in [1.807, 2.05) is 12.1 Å².